The zero-order chi connectivity index (χ0) is 10.8. The average Bonchev–Trinajstić information content (AvgIpc) is 2.58. The van der Waals surface area contributed by atoms with Crippen LogP contribution in [-0.2, 0) is 9.59 Å². The topological polar surface area (TPSA) is 75.4 Å². The van der Waals surface area contributed by atoms with Crippen LogP contribution in [0.15, 0.2) is 0 Å². The standard InChI is InChI=1S/C10H17N3O2/c11-5-7-2-1-3-13(6-7)8-4-9(14)12-10(8)15/h7-8H,1-6,11H2,(H,12,14,15). The maximum Gasteiger partial charge on any atom is 0.244 e. The van der Waals surface area contributed by atoms with Gasteiger partial charge in [-0.3, -0.25) is 19.8 Å². The van der Waals surface area contributed by atoms with Gasteiger partial charge in [0.2, 0.25) is 11.8 Å². The van der Waals surface area contributed by atoms with E-state index in [0.29, 0.717) is 18.9 Å². The molecule has 0 saturated carbocycles. The second-order valence-electron chi connectivity index (χ2n) is 4.37. The van der Waals surface area contributed by atoms with E-state index < -0.39 is 0 Å². The van der Waals surface area contributed by atoms with E-state index in [-0.39, 0.29) is 17.9 Å². The lowest BCUT2D eigenvalue weighted by atomic mass is 9.96. The highest BCUT2D eigenvalue weighted by molar-refractivity contribution is 6.05. The van der Waals surface area contributed by atoms with Crippen LogP contribution in [0, 0.1) is 5.92 Å². The summed E-state index contributed by atoms with van der Waals surface area (Å²) in [5.41, 5.74) is 5.63. The Labute approximate surface area is 89.0 Å². The lowest BCUT2D eigenvalue weighted by Gasteiger charge is -2.34. The van der Waals surface area contributed by atoms with Gasteiger partial charge >= 0.3 is 0 Å². The summed E-state index contributed by atoms with van der Waals surface area (Å²) in [6.45, 7) is 2.42. The Balaban J connectivity index is 1.98. The van der Waals surface area contributed by atoms with E-state index in [0.717, 1.165) is 25.9 Å². The Kier molecular flexibility index (Phi) is 3.02. The molecule has 2 rings (SSSR count). The van der Waals surface area contributed by atoms with Crippen molar-refractivity contribution >= 4 is 11.8 Å². The third-order valence-corrected chi connectivity index (χ3v) is 3.27. The molecule has 2 amide bonds. The molecule has 2 aliphatic heterocycles. The number of piperidine rings is 1. The minimum atomic E-state index is -0.244. The van der Waals surface area contributed by atoms with Gasteiger partial charge in [0.25, 0.3) is 0 Å². The first-order valence-electron chi connectivity index (χ1n) is 5.48. The highest BCUT2D eigenvalue weighted by atomic mass is 16.2. The average molecular weight is 211 g/mol. The molecule has 0 aromatic rings. The van der Waals surface area contributed by atoms with Crippen molar-refractivity contribution in [3.8, 4) is 0 Å². The Morgan fingerprint density at radius 2 is 2.27 bits per heavy atom. The summed E-state index contributed by atoms with van der Waals surface area (Å²) in [5, 5.41) is 2.35. The fourth-order valence-electron chi connectivity index (χ4n) is 2.41. The van der Waals surface area contributed by atoms with Crippen molar-refractivity contribution in [3.63, 3.8) is 0 Å². The number of rotatable bonds is 2. The molecular weight excluding hydrogens is 194 g/mol. The van der Waals surface area contributed by atoms with Crippen molar-refractivity contribution in [2.75, 3.05) is 19.6 Å². The van der Waals surface area contributed by atoms with Gasteiger partial charge < -0.3 is 5.73 Å². The lowest BCUT2D eigenvalue weighted by molar-refractivity contribution is -0.126. The first kappa shape index (κ1) is 10.6. The summed E-state index contributed by atoms with van der Waals surface area (Å²) >= 11 is 0. The Morgan fingerprint density at radius 3 is 2.87 bits per heavy atom. The molecule has 0 aromatic heterocycles. The number of nitrogens with zero attached hydrogens (tertiary/aromatic N) is 1. The number of carbonyl (C=O) groups excluding carboxylic acids is 2. The van der Waals surface area contributed by atoms with Crippen molar-refractivity contribution in [2.45, 2.75) is 25.3 Å². The molecule has 5 heteroatoms. The monoisotopic (exact) mass is 211 g/mol. The van der Waals surface area contributed by atoms with E-state index >= 15 is 0 Å². The van der Waals surface area contributed by atoms with Gasteiger partial charge in [-0.15, -0.1) is 0 Å². The molecule has 3 N–H and O–H groups in total. The van der Waals surface area contributed by atoms with Crippen LogP contribution in [0.1, 0.15) is 19.3 Å². The van der Waals surface area contributed by atoms with E-state index in [1.165, 1.54) is 0 Å². The number of nitrogens with one attached hydrogen (secondary N) is 1. The molecule has 2 atom stereocenters. The number of imide groups is 1. The molecule has 0 bridgehead atoms. The zero-order valence-corrected chi connectivity index (χ0v) is 8.74. The second kappa shape index (κ2) is 4.28. The summed E-state index contributed by atoms with van der Waals surface area (Å²) in [4.78, 5) is 24.6. The molecule has 0 radical (unpaired) electrons. The Bertz CT molecular complexity index is 280. The molecule has 5 nitrogen and oxygen atoms in total. The van der Waals surface area contributed by atoms with Crippen molar-refractivity contribution in [2.24, 2.45) is 11.7 Å². The fourth-order valence-corrected chi connectivity index (χ4v) is 2.41. The molecule has 2 saturated heterocycles. The number of nitrogens with two attached hydrogens (primary N) is 1. The van der Waals surface area contributed by atoms with E-state index in [1.54, 1.807) is 0 Å². The molecular formula is C10H17N3O2. The van der Waals surface area contributed by atoms with Crippen molar-refractivity contribution in [3.05, 3.63) is 0 Å². The normalized spacial score (nSPS) is 33.1. The quantitative estimate of drug-likeness (QED) is 0.579. The summed E-state index contributed by atoms with van der Waals surface area (Å²) < 4.78 is 0. The van der Waals surface area contributed by atoms with E-state index in [1.807, 2.05) is 0 Å². The maximum absolute atomic E-state index is 11.5. The minimum absolute atomic E-state index is 0.141. The highest BCUT2D eigenvalue weighted by Crippen LogP contribution is 2.20. The van der Waals surface area contributed by atoms with E-state index in [4.69, 9.17) is 5.73 Å². The van der Waals surface area contributed by atoms with Crippen LogP contribution in [0.25, 0.3) is 0 Å². The fraction of sp³-hybridized carbons (Fsp3) is 0.800. The van der Waals surface area contributed by atoms with Crippen LogP contribution < -0.4 is 11.1 Å². The second-order valence-corrected chi connectivity index (χ2v) is 4.37. The lowest BCUT2D eigenvalue weighted by Crippen LogP contribution is -2.47. The summed E-state index contributed by atoms with van der Waals surface area (Å²) in [6, 6.07) is -0.244. The number of amides is 2. The third kappa shape index (κ3) is 2.18. The first-order valence-corrected chi connectivity index (χ1v) is 5.48. The highest BCUT2D eigenvalue weighted by Gasteiger charge is 2.36. The van der Waals surface area contributed by atoms with Crippen LogP contribution in [0.5, 0.6) is 0 Å². The van der Waals surface area contributed by atoms with Gasteiger partial charge in [0, 0.05) is 6.54 Å². The van der Waals surface area contributed by atoms with Crippen molar-refractivity contribution in [1.29, 1.82) is 0 Å². The smallest absolute Gasteiger partial charge is 0.244 e. The molecule has 2 heterocycles. The molecule has 0 aliphatic carbocycles. The molecule has 0 spiro atoms. The predicted octanol–water partition coefficient (Wildman–Crippen LogP) is -0.928. The molecule has 15 heavy (non-hydrogen) atoms. The number of carbonyl (C=O) groups is 2. The van der Waals surface area contributed by atoms with Gasteiger partial charge in [0.1, 0.15) is 0 Å². The van der Waals surface area contributed by atoms with E-state index in [2.05, 4.69) is 10.2 Å². The van der Waals surface area contributed by atoms with Gasteiger partial charge in [-0.05, 0) is 31.8 Å². The van der Waals surface area contributed by atoms with Gasteiger partial charge in [-0.1, -0.05) is 0 Å². The van der Waals surface area contributed by atoms with Gasteiger partial charge in [-0.25, -0.2) is 0 Å². The van der Waals surface area contributed by atoms with Crippen molar-refractivity contribution in [1.82, 2.24) is 10.2 Å². The Morgan fingerprint density at radius 1 is 1.47 bits per heavy atom. The van der Waals surface area contributed by atoms with Gasteiger partial charge in [0.15, 0.2) is 0 Å². The Hall–Kier alpha value is -0.940. The third-order valence-electron chi connectivity index (χ3n) is 3.27. The van der Waals surface area contributed by atoms with Gasteiger partial charge in [-0.2, -0.15) is 0 Å². The van der Waals surface area contributed by atoms with Crippen LogP contribution in [0.3, 0.4) is 0 Å². The summed E-state index contributed by atoms with van der Waals surface area (Å²) in [6.07, 6.45) is 2.52. The summed E-state index contributed by atoms with van der Waals surface area (Å²) in [7, 11) is 0. The summed E-state index contributed by atoms with van der Waals surface area (Å²) in [5.74, 6) is 0.180. The van der Waals surface area contributed by atoms with Crippen LogP contribution in [0.2, 0.25) is 0 Å². The molecule has 2 unspecified atom stereocenters. The zero-order valence-electron chi connectivity index (χ0n) is 8.74. The van der Waals surface area contributed by atoms with Gasteiger partial charge in [0.05, 0.1) is 12.5 Å². The van der Waals surface area contributed by atoms with Crippen LogP contribution in [0.4, 0.5) is 0 Å². The number of likely N-dealkylation sites (tertiary alicyclic amines) is 1. The molecule has 0 aromatic carbocycles. The first-order chi connectivity index (χ1) is 7.20. The largest absolute Gasteiger partial charge is 0.330 e. The molecule has 2 fully saturated rings. The molecule has 84 valence electrons. The number of hydrogen-bond donors (Lipinski definition) is 2. The van der Waals surface area contributed by atoms with Crippen LogP contribution >= 0.6 is 0 Å². The van der Waals surface area contributed by atoms with Crippen LogP contribution in [-0.4, -0.2) is 42.4 Å². The van der Waals surface area contributed by atoms with Crippen molar-refractivity contribution < 1.29 is 9.59 Å². The minimum Gasteiger partial charge on any atom is -0.330 e. The van der Waals surface area contributed by atoms with E-state index in [9.17, 15) is 9.59 Å². The number of hydrogen-bond acceptors (Lipinski definition) is 4. The molecule has 2 aliphatic rings. The predicted molar refractivity (Wildman–Crippen MR) is 54.9 cm³/mol. The SMILES string of the molecule is NCC1CCCN(C2CC(=O)NC2=O)C1. The maximum atomic E-state index is 11.5.